The van der Waals surface area contributed by atoms with Crippen molar-refractivity contribution in [1.82, 2.24) is 19.7 Å². The fourth-order valence-corrected chi connectivity index (χ4v) is 3.48. The first-order valence-corrected chi connectivity index (χ1v) is 9.66. The van der Waals surface area contributed by atoms with E-state index in [0.717, 1.165) is 22.0 Å². The second kappa shape index (κ2) is 7.75. The Bertz CT molecular complexity index is 1410. The van der Waals surface area contributed by atoms with Gasteiger partial charge < -0.3 is 14.8 Å². The zero-order valence-electron chi connectivity index (χ0n) is 16.3. The standard InChI is InChI=1S/C23H18N6O2/c30-17-11-10-16(20(31)12-17)13-24-27-23-25-22-21(26-28-23)18-8-4-5-9-19(18)29(22)14-15-6-2-1-3-7-15/h1-13,30-31H,14H2,(H,25,27,28). The van der Waals surface area contributed by atoms with E-state index in [0.29, 0.717) is 17.8 Å². The minimum atomic E-state index is -0.0805. The van der Waals surface area contributed by atoms with Crippen molar-refractivity contribution < 1.29 is 10.2 Å². The van der Waals surface area contributed by atoms with Crippen LogP contribution in [0.15, 0.2) is 77.9 Å². The number of benzene rings is 3. The highest BCUT2D eigenvalue weighted by Gasteiger charge is 2.14. The van der Waals surface area contributed by atoms with Crippen LogP contribution in [0.5, 0.6) is 11.5 Å². The molecule has 152 valence electrons. The van der Waals surface area contributed by atoms with Crippen LogP contribution in [-0.2, 0) is 6.54 Å². The van der Waals surface area contributed by atoms with Crippen molar-refractivity contribution in [3.63, 3.8) is 0 Å². The number of phenols is 2. The molecule has 2 aromatic heterocycles. The van der Waals surface area contributed by atoms with E-state index in [1.807, 2.05) is 42.5 Å². The maximum absolute atomic E-state index is 9.86. The minimum absolute atomic E-state index is 0.0214. The zero-order valence-corrected chi connectivity index (χ0v) is 16.3. The van der Waals surface area contributed by atoms with Gasteiger partial charge in [-0.1, -0.05) is 48.5 Å². The Labute approximate surface area is 177 Å². The van der Waals surface area contributed by atoms with Crippen molar-refractivity contribution in [2.75, 3.05) is 5.43 Å². The highest BCUT2D eigenvalue weighted by atomic mass is 16.3. The van der Waals surface area contributed by atoms with Crippen molar-refractivity contribution in [3.8, 4) is 11.5 Å². The number of nitrogens with zero attached hydrogens (tertiary/aromatic N) is 5. The number of hydrogen-bond donors (Lipinski definition) is 3. The van der Waals surface area contributed by atoms with Gasteiger partial charge in [-0.15, -0.1) is 10.2 Å². The van der Waals surface area contributed by atoms with E-state index < -0.39 is 0 Å². The lowest BCUT2D eigenvalue weighted by atomic mass is 10.2. The van der Waals surface area contributed by atoms with Crippen LogP contribution >= 0.6 is 0 Å². The predicted octanol–water partition coefficient (Wildman–Crippen LogP) is 3.89. The smallest absolute Gasteiger partial charge is 0.265 e. The predicted molar refractivity (Wildman–Crippen MR) is 119 cm³/mol. The first-order chi connectivity index (χ1) is 15.2. The van der Waals surface area contributed by atoms with Crippen molar-refractivity contribution in [2.45, 2.75) is 6.54 Å². The van der Waals surface area contributed by atoms with Gasteiger partial charge in [0, 0.05) is 23.6 Å². The van der Waals surface area contributed by atoms with Crippen LogP contribution in [0.3, 0.4) is 0 Å². The van der Waals surface area contributed by atoms with Crippen LogP contribution in [-0.4, -0.2) is 36.2 Å². The SMILES string of the molecule is Oc1ccc(C=NNc2nnc3c4ccccc4n(Cc4ccccc4)c3n2)c(O)c1. The zero-order chi connectivity index (χ0) is 21.2. The van der Waals surface area contributed by atoms with Crippen LogP contribution in [0, 0.1) is 0 Å². The summed E-state index contributed by atoms with van der Waals surface area (Å²) in [6.07, 6.45) is 1.42. The van der Waals surface area contributed by atoms with Gasteiger partial charge in [0.15, 0.2) is 5.65 Å². The van der Waals surface area contributed by atoms with Gasteiger partial charge in [0.1, 0.15) is 17.0 Å². The number of hydrogen-bond acceptors (Lipinski definition) is 7. The van der Waals surface area contributed by atoms with E-state index in [1.54, 1.807) is 6.07 Å². The molecule has 0 aliphatic heterocycles. The molecule has 3 N–H and O–H groups in total. The maximum atomic E-state index is 9.86. The molecular weight excluding hydrogens is 392 g/mol. The topological polar surface area (TPSA) is 108 Å². The Morgan fingerprint density at radius 1 is 0.935 bits per heavy atom. The Kier molecular flexibility index (Phi) is 4.64. The summed E-state index contributed by atoms with van der Waals surface area (Å²) in [6, 6.07) is 22.4. The average Bonchev–Trinajstić information content (AvgIpc) is 3.09. The molecule has 0 saturated heterocycles. The first kappa shape index (κ1) is 18.6. The van der Waals surface area contributed by atoms with Crippen LogP contribution in [0.25, 0.3) is 22.1 Å². The largest absolute Gasteiger partial charge is 0.508 e. The summed E-state index contributed by atoms with van der Waals surface area (Å²) < 4.78 is 2.11. The molecular formula is C23H18N6O2. The fraction of sp³-hybridized carbons (Fsp3) is 0.0435. The molecule has 0 aliphatic rings. The monoisotopic (exact) mass is 410 g/mol. The van der Waals surface area contributed by atoms with Gasteiger partial charge in [-0.05, 0) is 23.8 Å². The summed E-state index contributed by atoms with van der Waals surface area (Å²) in [5.74, 6) is 0.133. The highest BCUT2D eigenvalue weighted by Crippen LogP contribution is 2.27. The fourth-order valence-electron chi connectivity index (χ4n) is 3.48. The molecule has 31 heavy (non-hydrogen) atoms. The van der Waals surface area contributed by atoms with Gasteiger partial charge in [0.25, 0.3) is 5.95 Å². The van der Waals surface area contributed by atoms with Crippen LogP contribution in [0.1, 0.15) is 11.1 Å². The van der Waals surface area contributed by atoms with E-state index in [9.17, 15) is 10.2 Å². The molecule has 0 spiro atoms. The Hall–Kier alpha value is -4.46. The van der Waals surface area contributed by atoms with E-state index in [-0.39, 0.29) is 17.4 Å². The van der Waals surface area contributed by atoms with Crippen molar-refractivity contribution in [2.24, 2.45) is 5.10 Å². The van der Waals surface area contributed by atoms with Crippen LogP contribution in [0.2, 0.25) is 0 Å². The normalized spacial score (nSPS) is 11.5. The highest BCUT2D eigenvalue weighted by molar-refractivity contribution is 6.04. The Morgan fingerprint density at radius 2 is 1.74 bits per heavy atom. The number of aromatic hydroxyl groups is 2. The molecule has 5 aromatic rings. The summed E-state index contributed by atoms with van der Waals surface area (Å²) in [4.78, 5) is 4.64. The van der Waals surface area contributed by atoms with Gasteiger partial charge in [0.2, 0.25) is 0 Å². The molecule has 0 saturated carbocycles. The van der Waals surface area contributed by atoms with Crippen LogP contribution < -0.4 is 5.43 Å². The molecule has 0 aliphatic carbocycles. The third-order valence-electron chi connectivity index (χ3n) is 4.94. The van der Waals surface area contributed by atoms with Gasteiger partial charge in [-0.2, -0.15) is 10.1 Å². The molecule has 0 atom stereocenters. The molecule has 0 bridgehead atoms. The Morgan fingerprint density at radius 3 is 2.58 bits per heavy atom. The molecule has 8 nitrogen and oxygen atoms in total. The number of nitrogens with one attached hydrogen (secondary N) is 1. The lowest BCUT2D eigenvalue weighted by molar-refractivity contribution is 0.450. The molecule has 5 rings (SSSR count). The average molecular weight is 410 g/mol. The first-order valence-electron chi connectivity index (χ1n) is 9.66. The second-order valence-electron chi connectivity index (χ2n) is 7.01. The number of hydrazone groups is 1. The number of fused-ring (bicyclic) bond motifs is 3. The van der Waals surface area contributed by atoms with E-state index >= 15 is 0 Å². The number of phenolic OH excluding ortho intramolecular Hbond substituents is 2. The van der Waals surface area contributed by atoms with E-state index in [4.69, 9.17) is 0 Å². The van der Waals surface area contributed by atoms with E-state index in [2.05, 4.69) is 42.4 Å². The van der Waals surface area contributed by atoms with Gasteiger partial charge in [0.05, 0.1) is 11.7 Å². The summed E-state index contributed by atoms with van der Waals surface area (Å²) in [5.41, 5.74) is 6.80. The van der Waals surface area contributed by atoms with Crippen molar-refractivity contribution in [3.05, 3.63) is 83.9 Å². The number of rotatable bonds is 5. The minimum Gasteiger partial charge on any atom is -0.508 e. The molecule has 3 aromatic carbocycles. The lowest BCUT2D eigenvalue weighted by Crippen LogP contribution is -2.04. The quantitative estimate of drug-likeness (QED) is 0.300. The summed E-state index contributed by atoms with van der Waals surface area (Å²) in [6.45, 7) is 0.646. The lowest BCUT2D eigenvalue weighted by Gasteiger charge is -2.07. The number of para-hydroxylation sites is 1. The molecule has 0 radical (unpaired) electrons. The van der Waals surface area contributed by atoms with Crippen molar-refractivity contribution in [1.29, 1.82) is 0 Å². The Balaban J connectivity index is 1.51. The summed E-state index contributed by atoms with van der Waals surface area (Å²) in [7, 11) is 0. The van der Waals surface area contributed by atoms with Gasteiger partial charge in [-0.25, -0.2) is 5.43 Å². The van der Waals surface area contributed by atoms with E-state index in [1.165, 1.54) is 18.3 Å². The third kappa shape index (κ3) is 3.62. The summed E-state index contributed by atoms with van der Waals surface area (Å²) in [5, 5.41) is 32.8. The van der Waals surface area contributed by atoms with Gasteiger partial charge >= 0.3 is 0 Å². The second-order valence-corrected chi connectivity index (χ2v) is 7.01. The molecule has 8 heteroatoms. The van der Waals surface area contributed by atoms with Crippen LogP contribution in [0.4, 0.5) is 5.95 Å². The van der Waals surface area contributed by atoms with Gasteiger partial charge in [-0.3, -0.25) is 0 Å². The van der Waals surface area contributed by atoms with Crippen molar-refractivity contribution >= 4 is 34.2 Å². The number of anilines is 1. The summed E-state index contributed by atoms with van der Waals surface area (Å²) >= 11 is 0. The molecule has 0 unspecified atom stereocenters. The molecule has 0 amide bonds. The molecule has 2 heterocycles. The third-order valence-corrected chi connectivity index (χ3v) is 4.94. The number of aromatic nitrogens is 4. The maximum Gasteiger partial charge on any atom is 0.265 e. The molecule has 0 fully saturated rings.